The van der Waals surface area contributed by atoms with E-state index in [-0.39, 0.29) is 11.5 Å². The number of aromatic nitrogens is 2. The Morgan fingerprint density at radius 2 is 1.89 bits per heavy atom. The summed E-state index contributed by atoms with van der Waals surface area (Å²) in [7, 11) is 1.77. The number of ether oxygens (including phenoxy) is 1. The van der Waals surface area contributed by atoms with Gasteiger partial charge in [0.25, 0.3) is 5.91 Å². The highest BCUT2D eigenvalue weighted by Crippen LogP contribution is 2.36. The molecule has 27 heavy (non-hydrogen) atoms. The van der Waals surface area contributed by atoms with Gasteiger partial charge < -0.3 is 9.64 Å². The van der Waals surface area contributed by atoms with Crippen LogP contribution in [0.5, 0.6) is 0 Å². The highest BCUT2D eigenvalue weighted by molar-refractivity contribution is 5.92. The van der Waals surface area contributed by atoms with Gasteiger partial charge in [-0.05, 0) is 43.7 Å². The monoisotopic (exact) mass is 369 g/mol. The molecule has 1 fully saturated rings. The lowest BCUT2D eigenvalue weighted by atomic mass is 9.84. The number of rotatable bonds is 6. The molecule has 0 atom stereocenters. The van der Waals surface area contributed by atoms with Crippen LogP contribution in [0.3, 0.4) is 0 Å². The minimum Gasteiger partial charge on any atom is -0.373 e. The Bertz CT molecular complexity index is 759. The van der Waals surface area contributed by atoms with Crippen molar-refractivity contribution >= 4 is 5.91 Å². The number of amides is 1. The third-order valence-electron chi connectivity index (χ3n) is 5.52. The van der Waals surface area contributed by atoms with E-state index in [1.54, 1.807) is 7.11 Å². The number of piperidine rings is 1. The van der Waals surface area contributed by atoms with Gasteiger partial charge in [-0.15, -0.1) is 0 Å². The SMILES string of the molecule is CCn1nc(CC(C)C)cc1C(=O)N1CCC(OC)(c2ccccc2)CC1. The molecule has 0 N–H and O–H groups in total. The zero-order chi connectivity index (χ0) is 19.4. The molecule has 5 heteroatoms. The Kier molecular flexibility index (Phi) is 6.00. The van der Waals surface area contributed by atoms with Crippen LogP contribution < -0.4 is 0 Å². The number of likely N-dealkylation sites (tertiary alicyclic amines) is 1. The fraction of sp³-hybridized carbons (Fsp3) is 0.545. The van der Waals surface area contributed by atoms with Crippen molar-refractivity contribution in [2.24, 2.45) is 5.92 Å². The summed E-state index contributed by atoms with van der Waals surface area (Å²) in [5.41, 5.74) is 2.60. The van der Waals surface area contributed by atoms with Gasteiger partial charge in [0, 0.05) is 26.7 Å². The van der Waals surface area contributed by atoms with E-state index in [1.165, 1.54) is 5.56 Å². The first-order chi connectivity index (χ1) is 13.0. The molecule has 1 aromatic heterocycles. The summed E-state index contributed by atoms with van der Waals surface area (Å²) in [6.45, 7) is 8.46. The Morgan fingerprint density at radius 1 is 1.22 bits per heavy atom. The first kappa shape index (κ1) is 19.6. The predicted molar refractivity (Wildman–Crippen MR) is 107 cm³/mol. The standard InChI is InChI=1S/C22H31N3O2/c1-5-25-20(16-19(23-25)15-17(2)3)21(26)24-13-11-22(27-4,12-14-24)18-9-7-6-8-10-18/h6-10,16-17H,5,11-15H2,1-4H3. The van der Waals surface area contributed by atoms with E-state index in [0.717, 1.165) is 25.0 Å². The van der Waals surface area contributed by atoms with E-state index in [2.05, 4.69) is 31.1 Å². The number of carbonyl (C=O) groups is 1. The average Bonchev–Trinajstić information content (AvgIpc) is 3.10. The third-order valence-corrected chi connectivity index (χ3v) is 5.52. The smallest absolute Gasteiger partial charge is 0.272 e. The van der Waals surface area contributed by atoms with E-state index < -0.39 is 0 Å². The zero-order valence-electron chi connectivity index (χ0n) is 16.9. The molecule has 0 unspecified atom stereocenters. The van der Waals surface area contributed by atoms with Gasteiger partial charge in [-0.3, -0.25) is 9.48 Å². The summed E-state index contributed by atoms with van der Waals surface area (Å²) < 4.78 is 7.78. The molecular formula is C22H31N3O2. The van der Waals surface area contributed by atoms with Crippen molar-refractivity contribution in [2.75, 3.05) is 20.2 Å². The number of benzene rings is 1. The molecular weight excluding hydrogens is 338 g/mol. The molecule has 1 aliphatic heterocycles. The summed E-state index contributed by atoms with van der Waals surface area (Å²) >= 11 is 0. The topological polar surface area (TPSA) is 47.4 Å². The maximum Gasteiger partial charge on any atom is 0.272 e. The summed E-state index contributed by atoms with van der Waals surface area (Å²) in [6, 6.07) is 12.3. The molecule has 5 nitrogen and oxygen atoms in total. The van der Waals surface area contributed by atoms with E-state index >= 15 is 0 Å². The normalized spacial score (nSPS) is 16.7. The van der Waals surface area contributed by atoms with Gasteiger partial charge in [-0.2, -0.15) is 5.10 Å². The highest BCUT2D eigenvalue weighted by atomic mass is 16.5. The highest BCUT2D eigenvalue weighted by Gasteiger charge is 2.38. The van der Waals surface area contributed by atoms with Gasteiger partial charge in [0.05, 0.1) is 11.3 Å². The van der Waals surface area contributed by atoms with E-state index in [1.807, 2.05) is 40.8 Å². The van der Waals surface area contributed by atoms with E-state index in [9.17, 15) is 4.79 Å². The Morgan fingerprint density at radius 3 is 2.44 bits per heavy atom. The summed E-state index contributed by atoms with van der Waals surface area (Å²) in [5, 5.41) is 4.62. The Balaban J connectivity index is 1.74. The molecule has 146 valence electrons. The molecule has 0 radical (unpaired) electrons. The van der Waals surface area contributed by atoms with Crippen LogP contribution in [0.15, 0.2) is 36.4 Å². The summed E-state index contributed by atoms with van der Waals surface area (Å²) in [5.74, 6) is 0.605. The number of nitrogens with zero attached hydrogens (tertiary/aromatic N) is 3. The van der Waals surface area contributed by atoms with Gasteiger partial charge in [0.15, 0.2) is 0 Å². The lowest BCUT2D eigenvalue weighted by Gasteiger charge is -2.41. The number of carbonyl (C=O) groups excluding carboxylic acids is 1. The maximum atomic E-state index is 13.1. The van der Waals surface area contributed by atoms with E-state index in [0.29, 0.717) is 31.2 Å². The van der Waals surface area contributed by atoms with Gasteiger partial charge in [0.2, 0.25) is 0 Å². The van der Waals surface area contributed by atoms with Crippen molar-refractivity contribution in [3.8, 4) is 0 Å². The summed E-state index contributed by atoms with van der Waals surface area (Å²) in [4.78, 5) is 15.1. The average molecular weight is 370 g/mol. The van der Waals surface area contributed by atoms with Crippen molar-refractivity contribution in [2.45, 2.75) is 52.2 Å². The number of hydrogen-bond donors (Lipinski definition) is 0. The molecule has 2 heterocycles. The fourth-order valence-electron chi connectivity index (χ4n) is 3.99. The van der Waals surface area contributed by atoms with Gasteiger partial charge in [-0.1, -0.05) is 44.2 Å². The number of aryl methyl sites for hydroxylation is 1. The van der Waals surface area contributed by atoms with Crippen LogP contribution in [0, 0.1) is 5.92 Å². The number of hydrogen-bond acceptors (Lipinski definition) is 3. The van der Waals surface area contributed by atoms with Crippen molar-refractivity contribution < 1.29 is 9.53 Å². The van der Waals surface area contributed by atoms with Crippen molar-refractivity contribution in [1.82, 2.24) is 14.7 Å². The molecule has 2 aromatic rings. The van der Waals surface area contributed by atoms with E-state index in [4.69, 9.17) is 4.74 Å². The third kappa shape index (κ3) is 4.08. The predicted octanol–water partition coefficient (Wildman–Crippen LogP) is 3.88. The van der Waals surface area contributed by atoms with Crippen LogP contribution in [0.25, 0.3) is 0 Å². The number of methoxy groups -OCH3 is 1. The summed E-state index contributed by atoms with van der Waals surface area (Å²) in [6.07, 6.45) is 2.50. The first-order valence-corrected chi connectivity index (χ1v) is 9.95. The van der Waals surface area contributed by atoms with Gasteiger partial charge >= 0.3 is 0 Å². The largest absolute Gasteiger partial charge is 0.373 e. The van der Waals surface area contributed by atoms with Gasteiger partial charge in [-0.25, -0.2) is 0 Å². The molecule has 1 amide bonds. The maximum absolute atomic E-state index is 13.1. The molecule has 0 aliphatic carbocycles. The Labute approximate surface area is 162 Å². The van der Waals surface area contributed by atoms with Gasteiger partial charge in [0.1, 0.15) is 5.69 Å². The van der Waals surface area contributed by atoms with Crippen LogP contribution in [0.2, 0.25) is 0 Å². The first-order valence-electron chi connectivity index (χ1n) is 9.95. The van der Waals surface area contributed by atoms with Crippen molar-refractivity contribution in [3.63, 3.8) is 0 Å². The Hall–Kier alpha value is -2.14. The lowest BCUT2D eigenvalue weighted by molar-refractivity contribution is -0.0576. The molecule has 0 spiro atoms. The second kappa shape index (κ2) is 8.26. The fourth-order valence-corrected chi connectivity index (χ4v) is 3.99. The van der Waals surface area contributed by atoms with Crippen LogP contribution in [0.4, 0.5) is 0 Å². The minimum atomic E-state index is -0.300. The molecule has 1 saturated heterocycles. The molecule has 1 aliphatic rings. The molecule has 0 saturated carbocycles. The van der Waals surface area contributed by atoms with Crippen molar-refractivity contribution in [1.29, 1.82) is 0 Å². The van der Waals surface area contributed by atoms with Crippen LogP contribution in [-0.4, -0.2) is 40.8 Å². The second-order valence-corrected chi connectivity index (χ2v) is 7.79. The van der Waals surface area contributed by atoms with Crippen LogP contribution in [0.1, 0.15) is 55.4 Å². The molecule has 3 rings (SSSR count). The van der Waals surface area contributed by atoms with Crippen molar-refractivity contribution in [3.05, 3.63) is 53.3 Å². The van der Waals surface area contributed by atoms with Crippen LogP contribution >= 0.6 is 0 Å². The quantitative estimate of drug-likeness (QED) is 0.776. The molecule has 1 aromatic carbocycles. The zero-order valence-corrected chi connectivity index (χ0v) is 16.9. The molecule has 0 bridgehead atoms. The second-order valence-electron chi connectivity index (χ2n) is 7.79. The minimum absolute atomic E-state index is 0.0807. The lowest BCUT2D eigenvalue weighted by Crippen LogP contribution is -2.46. The van der Waals surface area contributed by atoms with Crippen LogP contribution in [-0.2, 0) is 23.3 Å².